The second-order valence-electron chi connectivity index (χ2n) is 17.9. The number of nitrogens with one attached hydrogen (secondary N) is 3. The van der Waals surface area contributed by atoms with Crippen LogP contribution >= 0.6 is 11.6 Å². The smallest absolute Gasteiger partial charge is 0.293 e. The van der Waals surface area contributed by atoms with Crippen molar-refractivity contribution in [3.63, 3.8) is 0 Å². The minimum Gasteiger partial charge on any atom is -0.478 e. The topological polar surface area (TPSA) is 201 Å². The van der Waals surface area contributed by atoms with Crippen molar-refractivity contribution >= 4 is 75.2 Å². The summed E-state index contributed by atoms with van der Waals surface area (Å²) in [5.74, 6) is -1.17. The lowest BCUT2D eigenvalue weighted by atomic mass is 9.87. The number of halogens is 1. The summed E-state index contributed by atoms with van der Waals surface area (Å²) in [6.45, 7) is 10.4. The van der Waals surface area contributed by atoms with Gasteiger partial charge in [-0.3, -0.25) is 43.9 Å². The predicted octanol–water partition coefficient (Wildman–Crippen LogP) is 4.20. The van der Waals surface area contributed by atoms with Crippen molar-refractivity contribution in [2.24, 2.45) is 0 Å². The summed E-state index contributed by atoms with van der Waals surface area (Å²) >= 11 is 6.60. The van der Waals surface area contributed by atoms with Gasteiger partial charge in [-0.05, 0) is 94.3 Å². The first-order valence-electron chi connectivity index (χ1n) is 22.9. The second kappa shape index (κ2) is 18.6. The van der Waals surface area contributed by atoms with Gasteiger partial charge in [0.25, 0.3) is 23.3 Å². The van der Waals surface area contributed by atoms with Crippen LogP contribution in [0.3, 0.4) is 0 Å². The van der Waals surface area contributed by atoms with Crippen molar-refractivity contribution in [2.45, 2.75) is 96.1 Å². The molecule has 5 aliphatic rings. The lowest BCUT2D eigenvalue weighted by Gasteiger charge is -2.48. The summed E-state index contributed by atoms with van der Waals surface area (Å²) < 4.78 is 13.9. The minimum absolute atomic E-state index is 0.0843. The van der Waals surface area contributed by atoms with Gasteiger partial charge in [-0.15, -0.1) is 0 Å². The number of fused-ring (bicyclic) bond motifs is 2. The van der Waals surface area contributed by atoms with Crippen LogP contribution in [0.25, 0.3) is 10.9 Å². The number of benzene rings is 2. The van der Waals surface area contributed by atoms with Crippen LogP contribution in [0.2, 0.25) is 5.02 Å². The third-order valence-electron chi connectivity index (χ3n) is 13.5. The van der Waals surface area contributed by atoms with Gasteiger partial charge in [-0.1, -0.05) is 18.5 Å². The van der Waals surface area contributed by atoms with E-state index in [2.05, 4.69) is 35.6 Å². The zero-order chi connectivity index (χ0) is 46.4. The molecule has 4 fully saturated rings. The van der Waals surface area contributed by atoms with Crippen LogP contribution in [0.5, 0.6) is 5.75 Å². The van der Waals surface area contributed by atoms with Crippen LogP contribution in [-0.2, 0) is 25.5 Å². The fraction of sp³-hybridized carbons (Fsp3) is 0.489. The molecule has 4 aromatic rings. The first-order valence-corrected chi connectivity index (χ1v) is 23.3. The Morgan fingerprint density at radius 3 is 2.38 bits per heavy atom. The van der Waals surface area contributed by atoms with E-state index in [1.807, 2.05) is 45.0 Å². The minimum atomic E-state index is -0.988. The summed E-state index contributed by atoms with van der Waals surface area (Å²) in [5.41, 5.74) is 3.59. The van der Waals surface area contributed by atoms with Gasteiger partial charge in [-0.2, -0.15) is 4.98 Å². The molecule has 6 heterocycles. The summed E-state index contributed by atoms with van der Waals surface area (Å²) in [4.78, 5) is 94.0. The van der Waals surface area contributed by atoms with Crippen LogP contribution < -0.4 is 36.0 Å². The summed E-state index contributed by atoms with van der Waals surface area (Å²) in [6, 6.07) is 10.2. The molecule has 3 N–H and O–H groups in total. The molecule has 4 aliphatic heterocycles. The van der Waals surface area contributed by atoms with Gasteiger partial charge in [0.05, 0.1) is 35.0 Å². The molecular weight excluding hydrogens is 868 g/mol. The third-order valence-corrected chi connectivity index (χ3v) is 13.8. The van der Waals surface area contributed by atoms with Crippen LogP contribution in [0, 0.1) is 0 Å². The van der Waals surface area contributed by atoms with E-state index in [-0.39, 0.29) is 54.9 Å². The number of anilines is 4. The number of carbonyl (C=O) groups excluding carboxylic acids is 5. The molecule has 2 aromatic carbocycles. The Morgan fingerprint density at radius 2 is 1.68 bits per heavy atom. The lowest BCUT2D eigenvalue weighted by molar-refractivity contribution is -0.136. The summed E-state index contributed by atoms with van der Waals surface area (Å²) in [7, 11) is 1.51. The van der Waals surface area contributed by atoms with Gasteiger partial charge >= 0.3 is 0 Å². The molecule has 18 nitrogen and oxygen atoms in total. The number of amides is 5. The van der Waals surface area contributed by atoms with E-state index in [9.17, 15) is 28.8 Å². The number of hydrogen-bond acceptors (Lipinski definition) is 14. The van der Waals surface area contributed by atoms with Gasteiger partial charge in [0.15, 0.2) is 18.2 Å². The molecule has 9 rings (SSSR count). The second-order valence-corrected chi connectivity index (χ2v) is 18.3. The summed E-state index contributed by atoms with van der Waals surface area (Å²) in [6.07, 6.45) is 6.39. The van der Waals surface area contributed by atoms with Gasteiger partial charge in [0.2, 0.25) is 17.8 Å². The molecule has 1 unspecified atom stereocenters. The Morgan fingerprint density at radius 1 is 0.924 bits per heavy atom. The standard InChI is InChI=1S/C47H55ClN10O8/c1-5-32-36(9-7-33-41(32)46(64)58(44(33)62)37-10-11-39(59)52-43(37)61)55-18-16-54(17-19-55)29-22-31(23-29)66-30-12-14-56(15-13-30)47-50-24-34(48)42(53-47)51-28-6-8-35-27(20-28)21-38(65-25-40(60)49-4)45(63)57(35)26(2)3/h6-9,20-21,24,26,29-31,37H,5,10-19,22-23,25H2,1-4H3,(H,49,60)(H,50,51,53)(H,52,59,61). The van der Waals surface area contributed by atoms with Crippen molar-refractivity contribution in [3.05, 3.63) is 74.7 Å². The van der Waals surface area contributed by atoms with E-state index in [1.165, 1.54) is 7.05 Å². The van der Waals surface area contributed by atoms with E-state index < -0.39 is 29.7 Å². The molecule has 5 amide bonds. The molecule has 19 heteroatoms. The molecular formula is C47H55ClN10O8. The summed E-state index contributed by atoms with van der Waals surface area (Å²) in [5, 5.41) is 9.21. The van der Waals surface area contributed by atoms with Crippen molar-refractivity contribution in [2.75, 3.05) is 68.0 Å². The van der Waals surface area contributed by atoms with Crippen molar-refractivity contribution in [3.8, 4) is 5.75 Å². The quantitative estimate of drug-likeness (QED) is 0.161. The number of rotatable bonds is 13. The zero-order valence-electron chi connectivity index (χ0n) is 37.6. The molecule has 2 aromatic heterocycles. The molecule has 3 saturated heterocycles. The number of pyridine rings is 1. The molecule has 0 radical (unpaired) electrons. The average molecular weight is 923 g/mol. The predicted molar refractivity (Wildman–Crippen MR) is 248 cm³/mol. The van der Waals surface area contributed by atoms with Crippen LogP contribution in [0.4, 0.5) is 23.1 Å². The van der Waals surface area contributed by atoms with Crippen LogP contribution in [0.1, 0.15) is 91.6 Å². The number of likely N-dealkylation sites (N-methyl/N-ethyl adjacent to an activating group) is 1. The SMILES string of the molecule is CCc1c(N2CCN(C3CC(OC4CCN(c5ncc(Cl)c(Nc6ccc7c(c6)cc(OCC(=O)NC)c(=O)n7C(C)C)n5)CC4)C3)CC2)ccc2c1C(=O)N(C1CCC(=O)NC1=O)C2=O. The van der Waals surface area contributed by atoms with Crippen molar-refractivity contribution < 1.29 is 33.4 Å². The van der Waals surface area contributed by atoms with E-state index in [0.29, 0.717) is 46.1 Å². The molecule has 1 aliphatic carbocycles. The van der Waals surface area contributed by atoms with E-state index in [1.54, 1.807) is 22.9 Å². The molecule has 0 spiro atoms. The van der Waals surface area contributed by atoms with Gasteiger partial charge in [-0.25, -0.2) is 4.98 Å². The Labute approximate surface area is 386 Å². The van der Waals surface area contributed by atoms with Gasteiger partial charge in [0.1, 0.15) is 11.1 Å². The van der Waals surface area contributed by atoms with Crippen LogP contribution in [0.15, 0.2) is 47.4 Å². The number of nitrogens with zero attached hydrogens (tertiary/aromatic N) is 7. The average Bonchev–Trinajstić information content (AvgIpc) is 3.55. The van der Waals surface area contributed by atoms with E-state index in [4.69, 9.17) is 26.1 Å². The Balaban J connectivity index is 0.758. The fourth-order valence-electron chi connectivity index (χ4n) is 9.97. The highest BCUT2D eigenvalue weighted by molar-refractivity contribution is 6.33. The van der Waals surface area contributed by atoms with E-state index in [0.717, 1.165) is 92.0 Å². The molecule has 1 atom stereocenters. The fourth-order valence-corrected chi connectivity index (χ4v) is 10.1. The highest BCUT2D eigenvalue weighted by atomic mass is 35.5. The molecule has 348 valence electrons. The molecule has 66 heavy (non-hydrogen) atoms. The Hall–Kier alpha value is -6.11. The largest absolute Gasteiger partial charge is 0.478 e. The number of piperazine rings is 1. The monoisotopic (exact) mass is 922 g/mol. The van der Waals surface area contributed by atoms with Gasteiger partial charge < -0.3 is 34.5 Å². The number of ether oxygens (including phenoxy) is 2. The maximum Gasteiger partial charge on any atom is 0.293 e. The highest BCUT2D eigenvalue weighted by Crippen LogP contribution is 2.38. The maximum absolute atomic E-state index is 13.7. The number of hydrogen-bond donors (Lipinski definition) is 3. The first kappa shape index (κ1) is 45.1. The number of piperidine rings is 2. The van der Waals surface area contributed by atoms with Gasteiger partial charge in [0, 0.05) is 81.6 Å². The maximum atomic E-state index is 13.7. The Bertz CT molecular complexity index is 2650. The number of imide groups is 2. The highest BCUT2D eigenvalue weighted by Gasteiger charge is 2.46. The Kier molecular flexibility index (Phi) is 12.7. The lowest BCUT2D eigenvalue weighted by Crippen LogP contribution is -2.56. The molecule has 1 saturated carbocycles. The van der Waals surface area contributed by atoms with E-state index >= 15 is 0 Å². The van der Waals surface area contributed by atoms with Crippen LogP contribution in [-0.4, -0.2) is 131 Å². The van der Waals surface area contributed by atoms with Crippen molar-refractivity contribution in [1.82, 2.24) is 35.0 Å². The number of aromatic nitrogens is 3. The number of carbonyl (C=O) groups is 5. The third kappa shape index (κ3) is 8.68. The molecule has 0 bridgehead atoms. The normalized spacial score (nSPS) is 21.6. The van der Waals surface area contributed by atoms with Crippen molar-refractivity contribution in [1.29, 1.82) is 0 Å². The first-order chi connectivity index (χ1) is 31.8. The zero-order valence-corrected chi connectivity index (χ0v) is 38.4.